The van der Waals surface area contributed by atoms with Gasteiger partial charge in [0.25, 0.3) is 0 Å². The molecule has 0 bridgehead atoms. The van der Waals surface area contributed by atoms with Gasteiger partial charge in [0, 0.05) is 16.3 Å². The van der Waals surface area contributed by atoms with Crippen LogP contribution in [0.5, 0.6) is 0 Å². The van der Waals surface area contributed by atoms with E-state index in [2.05, 4.69) is 18.2 Å². The van der Waals surface area contributed by atoms with Crippen LogP contribution in [-0.4, -0.2) is 15.6 Å². The third-order valence-corrected chi connectivity index (χ3v) is 6.21. The van der Waals surface area contributed by atoms with E-state index in [0.717, 1.165) is 40.4 Å². The van der Waals surface area contributed by atoms with E-state index in [9.17, 15) is 9.90 Å². The van der Waals surface area contributed by atoms with Gasteiger partial charge in [0.05, 0.1) is 5.69 Å². The minimum atomic E-state index is -0.864. The number of carboxylic acids is 1. The molecule has 128 valence electrons. The lowest BCUT2D eigenvalue weighted by Gasteiger charge is -2.16. The molecule has 0 saturated heterocycles. The monoisotopic (exact) mass is 351 g/mol. The summed E-state index contributed by atoms with van der Waals surface area (Å²) in [6, 6.07) is 12.7. The van der Waals surface area contributed by atoms with Gasteiger partial charge in [0.15, 0.2) is 0 Å². The topological polar surface area (TPSA) is 42.2 Å². The van der Waals surface area contributed by atoms with Gasteiger partial charge in [-0.25, -0.2) is 4.79 Å². The number of hydrogen-bond acceptors (Lipinski definition) is 2. The zero-order valence-electron chi connectivity index (χ0n) is 14.5. The Kier molecular flexibility index (Phi) is 4.00. The average Bonchev–Trinajstić information content (AvgIpc) is 3.18. The van der Waals surface area contributed by atoms with Crippen molar-refractivity contribution in [3.63, 3.8) is 0 Å². The second kappa shape index (κ2) is 6.19. The minimum absolute atomic E-state index is 0.398. The maximum atomic E-state index is 11.8. The highest BCUT2D eigenvalue weighted by molar-refractivity contribution is 7.17. The number of thiophene rings is 1. The smallest absolute Gasteiger partial charge is 0.348 e. The first kappa shape index (κ1) is 16.2. The Labute approximate surface area is 151 Å². The highest BCUT2D eigenvalue weighted by Gasteiger charge is 2.20. The first-order valence-corrected chi connectivity index (χ1v) is 9.51. The van der Waals surface area contributed by atoms with E-state index in [1.165, 1.54) is 35.3 Å². The van der Waals surface area contributed by atoms with Crippen LogP contribution in [0.2, 0.25) is 0 Å². The maximum absolute atomic E-state index is 11.8. The fourth-order valence-corrected chi connectivity index (χ4v) is 4.76. The number of fused-ring (bicyclic) bond motifs is 1. The number of aryl methyl sites for hydroxylation is 4. The Morgan fingerprint density at radius 2 is 1.68 bits per heavy atom. The highest BCUT2D eigenvalue weighted by atomic mass is 32.1. The second-order valence-electron chi connectivity index (χ2n) is 6.77. The van der Waals surface area contributed by atoms with Crippen LogP contribution in [0, 0.1) is 13.8 Å². The van der Waals surface area contributed by atoms with Gasteiger partial charge < -0.3 is 9.67 Å². The molecule has 25 heavy (non-hydrogen) atoms. The van der Waals surface area contributed by atoms with Gasteiger partial charge in [-0.1, -0.05) is 18.2 Å². The Bertz CT molecular complexity index is 945. The number of aromatic nitrogens is 1. The molecule has 1 N–H and O–H groups in total. The van der Waals surface area contributed by atoms with E-state index >= 15 is 0 Å². The third kappa shape index (κ3) is 2.81. The number of hydrogen-bond donors (Lipinski definition) is 1. The van der Waals surface area contributed by atoms with Crippen LogP contribution in [-0.2, 0) is 12.8 Å². The number of carboxylic acid groups (broad SMARTS) is 1. The normalized spacial score (nSPS) is 13.7. The molecule has 0 fully saturated rings. The quantitative estimate of drug-likeness (QED) is 0.686. The summed E-state index contributed by atoms with van der Waals surface area (Å²) in [6.07, 6.45) is 4.80. The molecular weight excluding hydrogens is 330 g/mol. The van der Waals surface area contributed by atoms with Crippen molar-refractivity contribution in [1.82, 2.24) is 4.57 Å². The zero-order chi connectivity index (χ0) is 17.6. The minimum Gasteiger partial charge on any atom is -0.477 e. The van der Waals surface area contributed by atoms with Crippen molar-refractivity contribution in [3.8, 4) is 16.1 Å². The van der Waals surface area contributed by atoms with Gasteiger partial charge in [-0.2, -0.15) is 0 Å². The van der Waals surface area contributed by atoms with Gasteiger partial charge in [0.1, 0.15) is 4.88 Å². The maximum Gasteiger partial charge on any atom is 0.348 e. The number of aromatic carboxylic acids is 1. The fraction of sp³-hybridized carbons (Fsp3) is 0.286. The van der Waals surface area contributed by atoms with Crippen molar-refractivity contribution in [2.45, 2.75) is 39.5 Å². The van der Waals surface area contributed by atoms with Crippen LogP contribution in [0.15, 0.2) is 36.4 Å². The summed E-state index contributed by atoms with van der Waals surface area (Å²) in [7, 11) is 0. The molecule has 3 aromatic rings. The van der Waals surface area contributed by atoms with Crippen molar-refractivity contribution in [1.29, 1.82) is 0 Å². The molecule has 1 aliphatic rings. The van der Waals surface area contributed by atoms with Crippen LogP contribution < -0.4 is 0 Å². The predicted molar refractivity (Wildman–Crippen MR) is 102 cm³/mol. The number of nitrogens with zero attached hydrogens (tertiary/aromatic N) is 1. The lowest BCUT2D eigenvalue weighted by molar-refractivity contribution is 0.0702. The molecule has 3 nitrogen and oxygen atoms in total. The molecule has 0 aliphatic heterocycles. The first-order valence-electron chi connectivity index (χ1n) is 8.69. The van der Waals surface area contributed by atoms with Gasteiger partial charge in [-0.15, -0.1) is 11.3 Å². The Hall–Kier alpha value is -2.33. The van der Waals surface area contributed by atoms with Crippen LogP contribution in [0.3, 0.4) is 0 Å². The average molecular weight is 351 g/mol. The van der Waals surface area contributed by atoms with Crippen LogP contribution >= 0.6 is 11.3 Å². The highest BCUT2D eigenvalue weighted by Crippen LogP contribution is 2.36. The molecule has 4 heteroatoms. The van der Waals surface area contributed by atoms with Gasteiger partial charge in [-0.05, 0) is 74.4 Å². The summed E-state index contributed by atoms with van der Waals surface area (Å²) in [5.74, 6) is -0.864. The summed E-state index contributed by atoms with van der Waals surface area (Å²) < 4.78 is 2.03. The van der Waals surface area contributed by atoms with Crippen molar-refractivity contribution in [2.24, 2.45) is 0 Å². The summed E-state index contributed by atoms with van der Waals surface area (Å²) in [6.45, 7) is 4.02. The Morgan fingerprint density at radius 1 is 1.00 bits per heavy atom. The Morgan fingerprint density at radius 3 is 2.36 bits per heavy atom. The second-order valence-corrected chi connectivity index (χ2v) is 7.82. The molecule has 2 aromatic heterocycles. The van der Waals surface area contributed by atoms with Crippen molar-refractivity contribution >= 4 is 17.3 Å². The lowest BCUT2D eigenvalue weighted by atomic mass is 9.90. The molecule has 0 unspecified atom stereocenters. The predicted octanol–water partition coefficient (Wildman–Crippen LogP) is 5.40. The molecule has 0 spiro atoms. The van der Waals surface area contributed by atoms with Gasteiger partial charge in [0.2, 0.25) is 0 Å². The van der Waals surface area contributed by atoms with Gasteiger partial charge in [-0.3, -0.25) is 0 Å². The summed E-state index contributed by atoms with van der Waals surface area (Å²) >= 11 is 1.37. The van der Waals surface area contributed by atoms with Crippen molar-refractivity contribution < 1.29 is 9.90 Å². The molecule has 0 atom stereocenters. The molecule has 0 saturated carbocycles. The number of carbonyl (C=O) groups is 1. The Balaban J connectivity index is 1.84. The van der Waals surface area contributed by atoms with E-state index in [4.69, 9.17) is 0 Å². The summed E-state index contributed by atoms with van der Waals surface area (Å²) in [5, 5.41) is 9.70. The van der Waals surface area contributed by atoms with E-state index < -0.39 is 5.97 Å². The molecule has 0 radical (unpaired) electrons. The molecular formula is C21H21NO2S. The van der Waals surface area contributed by atoms with Crippen LogP contribution in [0.4, 0.5) is 0 Å². The van der Waals surface area contributed by atoms with Gasteiger partial charge >= 0.3 is 5.97 Å². The molecule has 4 rings (SSSR count). The molecule has 0 amide bonds. The molecule has 1 aliphatic carbocycles. The molecule has 1 aromatic carbocycles. The fourth-order valence-electron chi connectivity index (χ4n) is 3.78. The third-order valence-electron chi connectivity index (χ3n) is 5.05. The van der Waals surface area contributed by atoms with E-state index in [-0.39, 0.29) is 0 Å². The first-order chi connectivity index (χ1) is 12.0. The van der Waals surface area contributed by atoms with Crippen LogP contribution in [0.1, 0.15) is 45.0 Å². The summed E-state index contributed by atoms with van der Waals surface area (Å²) in [5.41, 5.74) is 6.86. The van der Waals surface area contributed by atoms with Crippen LogP contribution in [0.25, 0.3) is 16.1 Å². The summed E-state index contributed by atoms with van der Waals surface area (Å²) in [4.78, 5) is 13.2. The van der Waals surface area contributed by atoms with E-state index in [0.29, 0.717) is 4.88 Å². The molecule has 2 heterocycles. The van der Waals surface area contributed by atoms with E-state index in [1.807, 2.05) is 36.6 Å². The SMILES string of the molecule is Cc1ccc(C)n1-c1cc(-c2ccc3c(c2)CCCC3)sc1C(=O)O. The lowest BCUT2D eigenvalue weighted by Crippen LogP contribution is -2.04. The van der Waals surface area contributed by atoms with E-state index in [1.54, 1.807) is 0 Å². The zero-order valence-corrected chi connectivity index (χ0v) is 15.3. The number of benzene rings is 1. The number of rotatable bonds is 3. The largest absolute Gasteiger partial charge is 0.477 e. The van der Waals surface area contributed by atoms with Crippen molar-refractivity contribution in [3.05, 3.63) is 63.8 Å². The standard InChI is InChI=1S/C21H21NO2S/c1-13-7-8-14(2)22(13)18-12-19(25-20(18)21(23)24)17-10-9-15-5-3-4-6-16(15)11-17/h7-12H,3-6H2,1-2H3,(H,23,24). The van der Waals surface area contributed by atoms with Crippen molar-refractivity contribution in [2.75, 3.05) is 0 Å².